The third kappa shape index (κ3) is 15.8. The molecule has 0 rings (SSSR count). The van der Waals surface area contributed by atoms with Crippen molar-refractivity contribution < 1.29 is 128 Å². The molecule has 1 N–H and O–H groups in total. The number of rotatable bonds is 9. The number of unbranched alkanes of at least 4 members (excludes halogenated alkanes) is 1. The van der Waals surface area contributed by atoms with Crippen molar-refractivity contribution in [2.24, 2.45) is 4.99 Å². The maximum Gasteiger partial charge on any atom is 1.00 e. The molecule has 20 heavy (non-hydrogen) atoms. The molecule has 8 heteroatoms. The Bertz CT molecular complexity index is 345. The summed E-state index contributed by atoms with van der Waals surface area (Å²) in [4.78, 5) is 24.4. The standard InChI is InChI=1S/C12H19NO5.2K/c1-2-3-4-5-6-10(14)13-9(12(17)18)7-8-11(15)16;;/h4-5,9H,2-3,6-8H2,1H3,(H,13,14)(H,15,16)(H,17,18);;/q;2*+1/p-2/b5-4+;;/t9-;;/m0../s1. The maximum absolute atomic E-state index is 11.3. The van der Waals surface area contributed by atoms with Crippen LogP contribution in [-0.4, -0.2) is 29.0 Å². The van der Waals surface area contributed by atoms with E-state index in [1.165, 1.54) is 0 Å². The van der Waals surface area contributed by atoms with Crippen LogP contribution >= 0.6 is 0 Å². The first-order valence-corrected chi connectivity index (χ1v) is 5.78. The summed E-state index contributed by atoms with van der Waals surface area (Å²) in [5, 5.41) is 30.3. The van der Waals surface area contributed by atoms with Crippen LogP contribution < -0.4 is 113 Å². The van der Waals surface area contributed by atoms with Crippen LogP contribution in [0.5, 0.6) is 0 Å². The second-order valence-electron chi connectivity index (χ2n) is 3.75. The van der Waals surface area contributed by atoms with Crippen molar-refractivity contribution in [3.63, 3.8) is 0 Å². The largest absolute Gasteiger partial charge is 1.00 e. The SMILES string of the molecule is CCC/C=C/CC([O-])=N[C@@H](CCC(=O)[O-])C(=O)O.[K+].[K+]. The molecule has 6 nitrogen and oxygen atoms in total. The van der Waals surface area contributed by atoms with E-state index in [0.717, 1.165) is 12.8 Å². The summed E-state index contributed by atoms with van der Waals surface area (Å²) in [6, 6.07) is -1.31. The minimum absolute atomic E-state index is 0. The fraction of sp³-hybridized carbons (Fsp3) is 0.583. The summed E-state index contributed by atoms with van der Waals surface area (Å²) in [5.74, 6) is -3.22. The number of aliphatic carboxylic acids is 2. The summed E-state index contributed by atoms with van der Waals surface area (Å²) in [5.41, 5.74) is 0. The summed E-state index contributed by atoms with van der Waals surface area (Å²) in [7, 11) is 0. The van der Waals surface area contributed by atoms with E-state index in [-0.39, 0.29) is 116 Å². The van der Waals surface area contributed by atoms with E-state index in [9.17, 15) is 19.8 Å². The van der Waals surface area contributed by atoms with Crippen LogP contribution in [0.15, 0.2) is 17.1 Å². The second kappa shape index (κ2) is 16.8. The number of hydrogen-bond donors (Lipinski definition) is 1. The molecule has 0 aliphatic rings. The van der Waals surface area contributed by atoms with Crippen molar-refractivity contribution >= 4 is 17.8 Å². The van der Waals surface area contributed by atoms with Crippen LogP contribution in [0.1, 0.15) is 39.0 Å². The van der Waals surface area contributed by atoms with E-state index in [0.29, 0.717) is 0 Å². The zero-order valence-corrected chi connectivity index (χ0v) is 18.5. The molecule has 0 aliphatic heterocycles. The van der Waals surface area contributed by atoms with Gasteiger partial charge in [-0.15, -0.1) is 0 Å². The Morgan fingerprint density at radius 1 is 1.25 bits per heavy atom. The number of hydrogen-bond acceptors (Lipinski definition) is 5. The van der Waals surface area contributed by atoms with Crippen molar-refractivity contribution in [2.45, 2.75) is 45.1 Å². The van der Waals surface area contributed by atoms with Crippen LogP contribution in [0.25, 0.3) is 0 Å². The Labute approximate surface area is 204 Å². The average molecular weight is 333 g/mol. The fourth-order valence-electron chi connectivity index (χ4n) is 1.19. The van der Waals surface area contributed by atoms with Gasteiger partial charge in [-0.2, -0.15) is 0 Å². The van der Waals surface area contributed by atoms with Gasteiger partial charge >= 0.3 is 109 Å². The topological polar surface area (TPSA) is 113 Å². The molecule has 0 fully saturated rings. The summed E-state index contributed by atoms with van der Waals surface area (Å²) >= 11 is 0. The predicted octanol–water partition coefficient (Wildman–Crippen LogP) is -6.52. The number of carbonyl (C=O) groups excluding carboxylic acids is 1. The molecule has 0 unspecified atom stereocenters. The first-order chi connectivity index (χ1) is 8.47. The molecule has 1 atom stereocenters. The van der Waals surface area contributed by atoms with Gasteiger partial charge < -0.3 is 20.1 Å². The van der Waals surface area contributed by atoms with Crippen molar-refractivity contribution in [2.75, 3.05) is 0 Å². The third-order valence-corrected chi connectivity index (χ3v) is 2.12. The van der Waals surface area contributed by atoms with Crippen molar-refractivity contribution in [3.8, 4) is 0 Å². The van der Waals surface area contributed by atoms with Gasteiger partial charge in [0.2, 0.25) is 0 Å². The number of aliphatic imine (C=N–C) groups is 1. The van der Waals surface area contributed by atoms with Gasteiger partial charge in [-0.05, 0) is 31.6 Å². The van der Waals surface area contributed by atoms with Gasteiger partial charge in [-0.25, -0.2) is 4.79 Å². The van der Waals surface area contributed by atoms with Crippen molar-refractivity contribution in [1.29, 1.82) is 0 Å². The van der Waals surface area contributed by atoms with E-state index < -0.39 is 30.3 Å². The normalized spacial score (nSPS) is 12.3. The van der Waals surface area contributed by atoms with Crippen molar-refractivity contribution in [3.05, 3.63) is 12.2 Å². The Hall–Kier alpha value is 1.42. The van der Waals surface area contributed by atoms with E-state index in [2.05, 4.69) is 4.99 Å². The second-order valence-corrected chi connectivity index (χ2v) is 3.75. The summed E-state index contributed by atoms with van der Waals surface area (Å²) in [6.07, 6.45) is 4.64. The van der Waals surface area contributed by atoms with Crippen LogP contribution in [0, 0.1) is 0 Å². The third-order valence-electron chi connectivity index (χ3n) is 2.12. The molecular weight excluding hydrogens is 316 g/mol. The molecule has 0 heterocycles. The molecule has 0 aromatic heterocycles. The number of carboxylic acid groups (broad SMARTS) is 2. The van der Waals surface area contributed by atoms with Crippen molar-refractivity contribution in [1.82, 2.24) is 0 Å². The Morgan fingerprint density at radius 3 is 2.30 bits per heavy atom. The molecule has 0 aromatic rings. The first-order valence-electron chi connectivity index (χ1n) is 5.78. The van der Waals surface area contributed by atoms with Gasteiger partial charge in [0.05, 0.1) is 0 Å². The molecule has 0 radical (unpaired) electrons. The fourth-order valence-corrected chi connectivity index (χ4v) is 1.19. The minimum atomic E-state index is -1.35. The molecule has 0 saturated heterocycles. The van der Waals surface area contributed by atoms with Crippen LogP contribution in [0.4, 0.5) is 0 Å². The van der Waals surface area contributed by atoms with Crippen LogP contribution in [0.2, 0.25) is 0 Å². The molecule has 0 aliphatic carbocycles. The monoisotopic (exact) mass is 333 g/mol. The molecule has 102 valence electrons. The number of carboxylic acids is 2. The van der Waals surface area contributed by atoms with E-state index in [4.69, 9.17) is 5.11 Å². The zero-order chi connectivity index (χ0) is 14.0. The summed E-state index contributed by atoms with van der Waals surface area (Å²) < 4.78 is 0. The summed E-state index contributed by atoms with van der Waals surface area (Å²) in [6.45, 7) is 2.00. The Morgan fingerprint density at radius 2 is 1.85 bits per heavy atom. The maximum atomic E-state index is 11.3. The molecular formula is C12H17K2NO5. The van der Waals surface area contributed by atoms with Gasteiger partial charge in [0.25, 0.3) is 0 Å². The number of nitrogens with zero attached hydrogens (tertiary/aromatic N) is 1. The zero-order valence-electron chi connectivity index (χ0n) is 12.3. The van der Waals surface area contributed by atoms with E-state index in [1.807, 2.05) is 13.0 Å². The Balaban J connectivity index is -0.00000144. The molecule has 0 bridgehead atoms. The van der Waals surface area contributed by atoms with E-state index >= 15 is 0 Å². The van der Waals surface area contributed by atoms with Gasteiger partial charge in [0.15, 0.2) is 0 Å². The van der Waals surface area contributed by atoms with E-state index in [1.54, 1.807) is 6.08 Å². The molecule has 0 aromatic carbocycles. The van der Waals surface area contributed by atoms with Gasteiger partial charge in [0, 0.05) is 5.97 Å². The first kappa shape index (κ1) is 26.3. The predicted molar refractivity (Wildman–Crippen MR) is 61.8 cm³/mol. The average Bonchev–Trinajstić information content (AvgIpc) is 2.29. The van der Waals surface area contributed by atoms with Gasteiger partial charge in [-0.1, -0.05) is 25.5 Å². The Kier molecular flexibility index (Phi) is 22.1. The molecule has 0 amide bonds. The van der Waals surface area contributed by atoms with Gasteiger partial charge in [0.1, 0.15) is 6.04 Å². The van der Waals surface area contributed by atoms with Gasteiger partial charge in [-0.3, -0.25) is 4.99 Å². The number of carbonyl (C=O) groups is 2. The smallest absolute Gasteiger partial charge is 0.862 e. The molecule has 0 saturated carbocycles. The quantitative estimate of drug-likeness (QED) is 0.195. The van der Waals surface area contributed by atoms with Crippen LogP contribution in [0.3, 0.4) is 0 Å². The molecule has 0 spiro atoms. The number of allylic oxidation sites excluding steroid dienone is 1. The van der Waals surface area contributed by atoms with Crippen LogP contribution in [-0.2, 0) is 9.59 Å². The minimum Gasteiger partial charge on any atom is -0.862 e.